The monoisotopic (exact) mass is 288 g/mol. The van der Waals surface area contributed by atoms with E-state index in [0.717, 1.165) is 6.42 Å². The second kappa shape index (κ2) is 8.06. The first-order valence-corrected chi connectivity index (χ1v) is 6.99. The van der Waals surface area contributed by atoms with Gasteiger partial charge in [-0.25, -0.2) is 4.79 Å². The highest BCUT2D eigenvalue weighted by Gasteiger charge is 2.29. The molecule has 0 aromatic heterocycles. The molecular weight excluding hydrogens is 264 g/mol. The lowest BCUT2D eigenvalue weighted by Gasteiger charge is -2.36. The van der Waals surface area contributed by atoms with Crippen LogP contribution >= 0.6 is 0 Å². The number of aliphatic hydroxyl groups is 1. The molecule has 1 saturated heterocycles. The van der Waals surface area contributed by atoms with Crippen LogP contribution in [0.3, 0.4) is 0 Å². The second-order valence-corrected chi connectivity index (χ2v) is 5.19. The number of carboxylic acid groups (broad SMARTS) is 1. The molecule has 0 saturated carbocycles. The molecule has 0 spiro atoms. The number of carbonyl (C=O) groups excluding carboxylic acids is 1. The maximum absolute atomic E-state index is 12.2. The molecule has 0 aromatic rings. The van der Waals surface area contributed by atoms with Crippen LogP contribution < -0.4 is 5.32 Å². The van der Waals surface area contributed by atoms with Crippen molar-refractivity contribution in [3.8, 4) is 0 Å². The lowest BCUT2D eigenvalue weighted by Crippen LogP contribution is -2.55. The Morgan fingerprint density at radius 3 is 2.70 bits per heavy atom. The van der Waals surface area contributed by atoms with Crippen LogP contribution in [-0.4, -0.2) is 65.1 Å². The number of aliphatic hydroxyl groups excluding tert-OH is 1. The Bertz CT molecular complexity index is 337. The van der Waals surface area contributed by atoms with Crippen LogP contribution in [0, 0.1) is 0 Å². The Kier molecular flexibility index (Phi) is 6.74. The molecule has 3 unspecified atom stereocenters. The molecule has 116 valence electrons. The van der Waals surface area contributed by atoms with E-state index in [-0.39, 0.29) is 37.3 Å². The summed E-state index contributed by atoms with van der Waals surface area (Å²) in [5.41, 5.74) is 0. The number of morpholine rings is 1. The Hall–Kier alpha value is -1.34. The number of carboxylic acids is 1. The summed E-state index contributed by atoms with van der Waals surface area (Å²) in [5, 5.41) is 20.7. The number of hydrogen-bond acceptors (Lipinski definition) is 4. The second-order valence-electron chi connectivity index (χ2n) is 5.19. The molecule has 1 rings (SSSR count). The molecule has 7 nitrogen and oxygen atoms in total. The molecule has 0 bridgehead atoms. The van der Waals surface area contributed by atoms with Gasteiger partial charge in [-0.2, -0.15) is 0 Å². The van der Waals surface area contributed by atoms with E-state index in [9.17, 15) is 9.59 Å². The van der Waals surface area contributed by atoms with Crippen molar-refractivity contribution < 1.29 is 24.5 Å². The van der Waals surface area contributed by atoms with Crippen LogP contribution in [-0.2, 0) is 9.53 Å². The fraction of sp³-hybridized carbons (Fsp3) is 0.846. The average Bonchev–Trinajstić information content (AvgIpc) is 2.37. The van der Waals surface area contributed by atoms with E-state index in [1.165, 1.54) is 0 Å². The number of urea groups is 1. The predicted octanol–water partition coefficient (Wildman–Crippen LogP) is 0.421. The van der Waals surface area contributed by atoms with Crippen molar-refractivity contribution in [2.75, 3.05) is 19.7 Å². The van der Waals surface area contributed by atoms with Crippen LogP contribution in [0.1, 0.15) is 33.1 Å². The minimum absolute atomic E-state index is 0.0805. The number of amides is 2. The van der Waals surface area contributed by atoms with Gasteiger partial charge in [0.25, 0.3) is 0 Å². The summed E-state index contributed by atoms with van der Waals surface area (Å²) in [5.74, 6) is -0.924. The van der Waals surface area contributed by atoms with Gasteiger partial charge in [-0.15, -0.1) is 0 Å². The first-order valence-electron chi connectivity index (χ1n) is 6.99. The average molecular weight is 288 g/mol. The van der Waals surface area contributed by atoms with E-state index >= 15 is 0 Å². The molecule has 2 amide bonds. The summed E-state index contributed by atoms with van der Waals surface area (Å²) >= 11 is 0. The lowest BCUT2D eigenvalue weighted by molar-refractivity contribution is -0.137. The maximum atomic E-state index is 12.2. The van der Waals surface area contributed by atoms with Crippen molar-refractivity contribution in [2.45, 2.75) is 51.4 Å². The van der Waals surface area contributed by atoms with Gasteiger partial charge in [0.2, 0.25) is 0 Å². The minimum atomic E-state index is -0.924. The Labute approximate surface area is 118 Å². The molecule has 20 heavy (non-hydrogen) atoms. The van der Waals surface area contributed by atoms with E-state index in [1.54, 1.807) is 4.90 Å². The van der Waals surface area contributed by atoms with Gasteiger partial charge in [0.15, 0.2) is 0 Å². The molecule has 0 radical (unpaired) electrons. The topological polar surface area (TPSA) is 99.1 Å². The van der Waals surface area contributed by atoms with E-state index in [4.69, 9.17) is 14.9 Å². The summed E-state index contributed by atoms with van der Waals surface area (Å²) in [6, 6.07) is -0.658. The fourth-order valence-electron chi connectivity index (χ4n) is 2.36. The SMILES string of the molecule is CCCC(CC(=O)O)NC(=O)N1CC(C)OC(CO)C1. The minimum Gasteiger partial charge on any atom is -0.481 e. The predicted molar refractivity (Wildman–Crippen MR) is 72.5 cm³/mol. The van der Waals surface area contributed by atoms with Crippen LogP contribution in [0.2, 0.25) is 0 Å². The van der Waals surface area contributed by atoms with Crippen LogP contribution in [0.4, 0.5) is 4.79 Å². The number of carbonyl (C=O) groups is 2. The molecule has 1 heterocycles. The summed E-state index contributed by atoms with van der Waals surface area (Å²) in [6.07, 6.45) is 0.825. The zero-order valence-electron chi connectivity index (χ0n) is 12.0. The van der Waals surface area contributed by atoms with Crippen LogP contribution in [0.5, 0.6) is 0 Å². The number of rotatable bonds is 6. The van der Waals surface area contributed by atoms with Crippen molar-refractivity contribution >= 4 is 12.0 Å². The third kappa shape index (κ3) is 5.34. The van der Waals surface area contributed by atoms with E-state index in [0.29, 0.717) is 19.5 Å². The number of hydrogen-bond donors (Lipinski definition) is 3. The molecular formula is C13H24N2O5. The van der Waals surface area contributed by atoms with Crippen molar-refractivity contribution in [1.82, 2.24) is 10.2 Å². The Morgan fingerprint density at radius 1 is 1.45 bits per heavy atom. The van der Waals surface area contributed by atoms with Gasteiger partial charge >= 0.3 is 12.0 Å². The number of nitrogens with zero attached hydrogens (tertiary/aromatic N) is 1. The number of ether oxygens (including phenoxy) is 1. The molecule has 1 aliphatic rings. The summed E-state index contributed by atoms with van der Waals surface area (Å²) in [7, 11) is 0. The Balaban J connectivity index is 2.56. The number of nitrogens with one attached hydrogen (secondary N) is 1. The van der Waals surface area contributed by atoms with Gasteiger partial charge in [0.1, 0.15) is 0 Å². The fourth-order valence-corrected chi connectivity index (χ4v) is 2.36. The van der Waals surface area contributed by atoms with Crippen molar-refractivity contribution in [1.29, 1.82) is 0 Å². The van der Waals surface area contributed by atoms with Gasteiger partial charge in [-0.1, -0.05) is 13.3 Å². The largest absolute Gasteiger partial charge is 0.481 e. The van der Waals surface area contributed by atoms with Gasteiger partial charge in [-0.3, -0.25) is 4.79 Å². The first-order chi connectivity index (χ1) is 9.46. The third-order valence-electron chi connectivity index (χ3n) is 3.20. The zero-order valence-corrected chi connectivity index (χ0v) is 12.0. The van der Waals surface area contributed by atoms with Crippen LogP contribution in [0.15, 0.2) is 0 Å². The summed E-state index contributed by atoms with van der Waals surface area (Å²) in [6.45, 7) is 4.40. The molecule has 0 aliphatic carbocycles. The summed E-state index contributed by atoms with van der Waals surface area (Å²) < 4.78 is 5.47. The molecule has 1 aliphatic heterocycles. The number of aliphatic carboxylic acids is 1. The van der Waals surface area contributed by atoms with Gasteiger partial charge < -0.3 is 25.2 Å². The van der Waals surface area contributed by atoms with Gasteiger partial charge in [0, 0.05) is 12.6 Å². The zero-order chi connectivity index (χ0) is 15.1. The first kappa shape index (κ1) is 16.7. The van der Waals surface area contributed by atoms with Gasteiger partial charge in [0.05, 0.1) is 31.8 Å². The normalized spacial score (nSPS) is 24.2. The van der Waals surface area contributed by atoms with E-state index in [2.05, 4.69) is 5.32 Å². The Morgan fingerprint density at radius 2 is 2.15 bits per heavy atom. The standard InChI is InChI=1S/C13H24N2O5/c1-3-4-10(5-12(17)18)14-13(19)15-6-9(2)20-11(7-15)8-16/h9-11,16H,3-8H2,1-2H3,(H,14,19)(H,17,18). The van der Waals surface area contributed by atoms with Crippen molar-refractivity contribution in [3.05, 3.63) is 0 Å². The van der Waals surface area contributed by atoms with Gasteiger partial charge in [-0.05, 0) is 13.3 Å². The third-order valence-corrected chi connectivity index (χ3v) is 3.20. The molecule has 7 heteroatoms. The molecule has 0 aromatic carbocycles. The smallest absolute Gasteiger partial charge is 0.317 e. The van der Waals surface area contributed by atoms with E-state index in [1.807, 2.05) is 13.8 Å². The highest BCUT2D eigenvalue weighted by Crippen LogP contribution is 2.12. The maximum Gasteiger partial charge on any atom is 0.317 e. The molecule has 3 N–H and O–H groups in total. The van der Waals surface area contributed by atoms with E-state index < -0.39 is 5.97 Å². The van der Waals surface area contributed by atoms with Crippen LogP contribution in [0.25, 0.3) is 0 Å². The van der Waals surface area contributed by atoms with Crippen molar-refractivity contribution in [3.63, 3.8) is 0 Å². The highest BCUT2D eigenvalue weighted by molar-refractivity contribution is 5.76. The molecule has 1 fully saturated rings. The van der Waals surface area contributed by atoms with Crippen molar-refractivity contribution in [2.24, 2.45) is 0 Å². The quantitative estimate of drug-likeness (QED) is 0.658. The lowest BCUT2D eigenvalue weighted by atomic mass is 10.1. The highest BCUT2D eigenvalue weighted by atomic mass is 16.5. The molecule has 3 atom stereocenters. The summed E-state index contributed by atoms with van der Waals surface area (Å²) in [4.78, 5) is 24.5.